The number of para-hydroxylation sites is 1. The molecule has 5 heteroatoms. The van der Waals surface area contributed by atoms with Crippen LogP contribution in [0.25, 0.3) is 16.8 Å². The van der Waals surface area contributed by atoms with Gasteiger partial charge in [-0.25, -0.2) is 4.52 Å². The molecule has 0 unspecified atom stereocenters. The molecule has 0 aliphatic rings. The third-order valence-corrected chi connectivity index (χ3v) is 4.22. The third kappa shape index (κ3) is 3.87. The summed E-state index contributed by atoms with van der Waals surface area (Å²) < 4.78 is 9.24. The minimum atomic E-state index is -0.0480. The Morgan fingerprint density at radius 3 is 2.81 bits per heavy atom. The number of benzene rings is 1. The molecule has 2 heterocycles. The van der Waals surface area contributed by atoms with E-state index in [4.69, 9.17) is 4.74 Å². The largest absolute Gasteiger partial charge is 0.493 e. The molecule has 26 heavy (non-hydrogen) atoms. The molecule has 0 saturated carbocycles. The van der Waals surface area contributed by atoms with Gasteiger partial charge in [-0.2, -0.15) is 5.10 Å². The molecular formula is C21H25N3O2. The molecular weight excluding hydrogens is 326 g/mol. The Balaban J connectivity index is 1.99. The van der Waals surface area contributed by atoms with Gasteiger partial charge in [0.25, 0.3) is 5.56 Å². The van der Waals surface area contributed by atoms with E-state index < -0.39 is 0 Å². The van der Waals surface area contributed by atoms with E-state index in [0.717, 1.165) is 29.8 Å². The lowest BCUT2D eigenvalue weighted by Crippen LogP contribution is -2.20. The van der Waals surface area contributed by atoms with Gasteiger partial charge in [0.05, 0.1) is 12.3 Å². The highest BCUT2D eigenvalue weighted by Crippen LogP contribution is 2.29. The van der Waals surface area contributed by atoms with Gasteiger partial charge in [-0.3, -0.25) is 4.79 Å². The van der Waals surface area contributed by atoms with Crippen LogP contribution in [0.5, 0.6) is 5.75 Å². The van der Waals surface area contributed by atoms with Crippen molar-refractivity contribution in [2.45, 2.75) is 40.2 Å². The lowest BCUT2D eigenvalue weighted by Gasteiger charge is -2.09. The van der Waals surface area contributed by atoms with E-state index in [9.17, 15) is 4.79 Å². The van der Waals surface area contributed by atoms with Crippen molar-refractivity contribution in [2.75, 3.05) is 6.61 Å². The minimum Gasteiger partial charge on any atom is -0.493 e. The molecule has 5 nitrogen and oxygen atoms in total. The number of allylic oxidation sites excluding steroid dienone is 2. The number of nitrogens with zero attached hydrogens (tertiary/aromatic N) is 3. The third-order valence-electron chi connectivity index (χ3n) is 4.22. The maximum atomic E-state index is 12.7. The van der Waals surface area contributed by atoms with E-state index >= 15 is 0 Å². The molecule has 0 radical (unpaired) electrons. The molecule has 136 valence electrons. The summed E-state index contributed by atoms with van der Waals surface area (Å²) in [5.74, 6) is 0.800. The van der Waals surface area contributed by atoms with E-state index in [1.807, 2.05) is 56.5 Å². The highest BCUT2D eigenvalue weighted by molar-refractivity contribution is 5.71. The molecule has 0 atom stereocenters. The Labute approximate surface area is 153 Å². The molecule has 2 aromatic heterocycles. The van der Waals surface area contributed by atoms with Crippen LogP contribution >= 0.6 is 0 Å². The van der Waals surface area contributed by atoms with Gasteiger partial charge in [-0.1, -0.05) is 37.1 Å². The second kappa shape index (κ2) is 8.04. The zero-order valence-electron chi connectivity index (χ0n) is 15.6. The summed E-state index contributed by atoms with van der Waals surface area (Å²) in [6.07, 6.45) is 7.72. The Hall–Kier alpha value is -2.82. The van der Waals surface area contributed by atoms with Gasteiger partial charge in [-0.05, 0) is 38.5 Å². The quantitative estimate of drug-likeness (QED) is 0.471. The number of aromatic nitrogens is 3. The molecule has 0 spiro atoms. The second-order valence-corrected chi connectivity index (χ2v) is 6.59. The van der Waals surface area contributed by atoms with Crippen LogP contribution in [0.2, 0.25) is 0 Å². The number of fused-ring (bicyclic) bond motifs is 1. The van der Waals surface area contributed by atoms with Crippen LogP contribution in [0.4, 0.5) is 0 Å². The average molecular weight is 351 g/mol. The summed E-state index contributed by atoms with van der Waals surface area (Å²) in [6, 6.07) is 9.67. The number of rotatable bonds is 7. The normalized spacial score (nSPS) is 10.9. The fourth-order valence-electron chi connectivity index (χ4n) is 2.71. The molecule has 0 aliphatic heterocycles. The Morgan fingerprint density at radius 1 is 1.23 bits per heavy atom. The zero-order chi connectivity index (χ0) is 18.5. The van der Waals surface area contributed by atoms with Crippen LogP contribution in [0.3, 0.4) is 0 Å². The summed E-state index contributed by atoms with van der Waals surface area (Å²) in [5.41, 5.74) is 3.35. The zero-order valence-corrected chi connectivity index (χ0v) is 15.6. The van der Waals surface area contributed by atoms with Crippen molar-refractivity contribution in [3.8, 4) is 17.0 Å². The van der Waals surface area contributed by atoms with Crippen molar-refractivity contribution in [3.05, 3.63) is 64.7 Å². The van der Waals surface area contributed by atoms with Crippen molar-refractivity contribution in [3.63, 3.8) is 0 Å². The summed E-state index contributed by atoms with van der Waals surface area (Å²) in [4.78, 5) is 12.7. The van der Waals surface area contributed by atoms with Gasteiger partial charge in [0, 0.05) is 24.5 Å². The highest BCUT2D eigenvalue weighted by Gasteiger charge is 2.12. The van der Waals surface area contributed by atoms with E-state index in [0.29, 0.717) is 18.7 Å². The smallest absolute Gasteiger partial charge is 0.276 e. The summed E-state index contributed by atoms with van der Waals surface area (Å²) in [6.45, 7) is 7.43. The monoisotopic (exact) mass is 351 g/mol. The van der Waals surface area contributed by atoms with Crippen molar-refractivity contribution in [1.82, 2.24) is 14.2 Å². The first-order valence-electron chi connectivity index (χ1n) is 9.04. The molecule has 3 rings (SSSR count). The lowest BCUT2D eigenvalue weighted by molar-refractivity contribution is 0.310. The topological polar surface area (TPSA) is 48.5 Å². The van der Waals surface area contributed by atoms with Crippen LogP contribution in [-0.2, 0) is 6.54 Å². The van der Waals surface area contributed by atoms with Crippen LogP contribution in [0, 0.1) is 0 Å². The summed E-state index contributed by atoms with van der Waals surface area (Å²) in [5, 5.41) is 4.58. The summed E-state index contributed by atoms with van der Waals surface area (Å²) in [7, 11) is 0. The predicted octanol–water partition coefficient (Wildman–Crippen LogP) is 4.31. The fraction of sp³-hybridized carbons (Fsp3) is 0.333. The number of hydrogen-bond acceptors (Lipinski definition) is 3. The molecule has 0 N–H and O–H groups in total. The SMILES string of the molecule is CCCCOc1ccccc1-c1cc2c(=O)n(CC=C(C)C)ccn2n1. The van der Waals surface area contributed by atoms with Crippen molar-refractivity contribution in [1.29, 1.82) is 0 Å². The van der Waals surface area contributed by atoms with Crippen LogP contribution in [0.1, 0.15) is 33.6 Å². The molecule has 3 aromatic rings. The van der Waals surface area contributed by atoms with Crippen LogP contribution in [0.15, 0.2) is 59.2 Å². The van der Waals surface area contributed by atoms with Gasteiger partial charge in [0.2, 0.25) is 0 Å². The van der Waals surface area contributed by atoms with E-state index in [2.05, 4.69) is 12.0 Å². The first-order chi connectivity index (χ1) is 12.6. The van der Waals surface area contributed by atoms with E-state index in [-0.39, 0.29) is 5.56 Å². The Bertz CT molecular complexity index is 978. The molecule has 0 aliphatic carbocycles. The lowest BCUT2D eigenvalue weighted by atomic mass is 10.1. The summed E-state index contributed by atoms with van der Waals surface area (Å²) >= 11 is 0. The number of ether oxygens (including phenoxy) is 1. The Kier molecular flexibility index (Phi) is 5.56. The van der Waals surface area contributed by atoms with Crippen molar-refractivity contribution >= 4 is 5.52 Å². The van der Waals surface area contributed by atoms with Crippen molar-refractivity contribution in [2.24, 2.45) is 0 Å². The first-order valence-corrected chi connectivity index (χ1v) is 9.04. The average Bonchev–Trinajstić information content (AvgIpc) is 3.07. The second-order valence-electron chi connectivity index (χ2n) is 6.59. The first kappa shape index (κ1) is 18.0. The minimum absolute atomic E-state index is 0.0480. The fourth-order valence-corrected chi connectivity index (χ4v) is 2.71. The van der Waals surface area contributed by atoms with Gasteiger partial charge < -0.3 is 9.30 Å². The molecule has 0 amide bonds. The molecule has 0 bridgehead atoms. The van der Waals surface area contributed by atoms with Gasteiger partial charge in [-0.15, -0.1) is 0 Å². The highest BCUT2D eigenvalue weighted by atomic mass is 16.5. The maximum Gasteiger partial charge on any atom is 0.276 e. The maximum absolute atomic E-state index is 12.7. The predicted molar refractivity (Wildman–Crippen MR) is 105 cm³/mol. The molecule has 0 saturated heterocycles. The van der Waals surface area contributed by atoms with Crippen molar-refractivity contribution < 1.29 is 4.74 Å². The number of hydrogen-bond donors (Lipinski definition) is 0. The standard InChI is InChI=1S/C21H25N3O2/c1-4-5-14-26-20-9-7-6-8-17(20)18-15-19-21(25)23(11-10-16(2)3)12-13-24(19)22-18/h6-10,12-13,15H,4-5,11,14H2,1-3H3. The van der Waals surface area contributed by atoms with Gasteiger partial charge in [0.15, 0.2) is 0 Å². The van der Waals surface area contributed by atoms with E-state index in [1.165, 1.54) is 5.57 Å². The molecule has 1 aromatic carbocycles. The number of unbranched alkanes of at least 4 members (excludes halogenated alkanes) is 1. The van der Waals surface area contributed by atoms with Gasteiger partial charge >= 0.3 is 0 Å². The molecule has 0 fully saturated rings. The van der Waals surface area contributed by atoms with E-state index in [1.54, 1.807) is 15.3 Å². The van der Waals surface area contributed by atoms with Crippen LogP contribution in [-0.4, -0.2) is 20.8 Å². The van der Waals surface area contributed by atoms with Crippen LogP contribution < -0.4 is 10.3 Å². The Morgan fingerprint density at radius 2 is 2.04 bits per heavy atom. The van der Waals surface area contributed by atoms with Gasteiger partial charge in [0.1, 0.15) is 11.3 Å².